The van der Waals surface area contributed by atoms with Crippen molar-refractivity contribution in [2.45, 2.75) is 6.42 Å². The first kappa shape index (κ1) is 15.2. The lowest BCUT2D eigenvalue weighted by Gasteiger charge is -2.04. The summed E-state index contributed by atoms with van der Waals surface area (Å²) in [6.45, 7) is -0.0183. The smallest absolute Gasteiger partial charge is 0.256 e. The van der Waals surface area contributed by atoms with Crippen molar-refractivity contribution >= 4 is 22.9 Å². The average Bonchev–Trinajstić information content (AvgIpc) is 2.91. The molecule has 1 heterocycles. The first-order valence-electron chi connectivity index (χ1n) is 6.05. The van der Waals surface area contributed by atoms with E-state index >= 15 is 0 Å². The number of aliphatic hydroxyl groups is 1. The van der Waals surface area contributed by atoms with Gasteiger partial charge in [0.1, 0.15) is 11.6 Å². The van der Waals surface area contributed by atoms with Crippen LogP contribution in [0.1, 0.15) is 21.7 Å². The number of halogens is 2. The zero-order chi connectivity index (χ0) is 15.2. The van der Waals surface area contributed by atoms with Crippen LogP contribution in [0, 0.1) is 23.5 Å². The number of thiophene rings is 1. The molecular weight excluding hydrogens is 296 g/mol. The Kier molecular flexibility index (Phi) is 5.04. The van der Waals surface area contributed by atoms with Crippen molar-refractivity contribution in [2.75, 3.05) is 11.9 Å². The molecule has 2 aromatic rings. The van der Waals surface area contributed by atoms with Gasteiger partial charge < -0.3 is 10.4 Å². The van der Waals surface area contributed by atoms with E-state index in [4.69, 9.17) is 5.11 Å². The van der Waals surface area contributed by atoms with Crippen LogP contribution in [-0.4, -0.2) is 17.6 Å². The van der Waals surface area contributed by atoms with Gasteiger partial charge in [0, 0.05) is 17.9 Å². The van der Waals surface area contributed by atoms with Crippen molar-refractivity contribution in [2.24, 2.45) is 0 Å². The molecule has 1 aromatic carbocycles. The molecule has 21 heavy (non-hydrogen) atoms. The molecule has 6 heteroatoms. The molecule has 1 amide bonds. The van der Waals surface area contributed by atoms with E-state index in [0.717, 1.165) is 12.1 Å². The molecule has 108 valence electrons. The normalized spacial score (nSPS) is 9.86. The van der Waals surface area contributed by atoms with Gasteiger partial charge in [-0.05, 0) is 18.2 Å². The number of hydrogen-bond acceptors (Lipinski definition) is 3. The summed E-state index contributed by atoms with van der Waals surface area (Å²) in [7, 11) is 0. The lowest BCUT2D eigenvalue weighted by molar-refractivity contribution is 0.102. The number of nitrogens with one attached hydrogen (secondary N) is 1. The molecule has 3 nitrogen and oxygen atoms in total. The molecule has 1 aromatic heterocycles. The molecule has 0 saturated heterocycles. The molecule has 0 saturated carbocycles. The number of hydrogen-bond donors (Lipinski definition) is 2. The zero-order valence-corrected chi connectivity index (χ0v) is 11.6. The molecule has 0 aliphatic rings. The average molecular weight is 307 g/mol. The third-order valence-corrected chi connectivity index (χ3v) is 3.34. The number of anilines is 1. The molecule has 0 fully saturated rings. The van der Waals surface area contributed by atoms with Gasteiger partial charge in [-0.3, -0.25) is 4.79 Å². The molecule has 0 unspecified atom stereocenters. The Bertz CT molecular complexity index is 716. The maximum atomic E-state index is 13.4. The first-order chi connectivity index (χ1) is 10.1. The number of carbonyl (C=O) groups is 1. The van der Waals surface area contributed by atoms with Gasteiger partial charge in [-0.2, -0.15) is 0 Å². The van der Waals surface area contributed by atoms with Crippen LogP contribution in [0.4, 0.5) is 14.5 Å². The largest absolute Gasteiger partial charge is 0.395 e. The lowest BCUT2D eigenvalue weighted by atomic mass is 10.2. The summed E-state index contributed by atoms with van der Waals surface area (Å²) in [5.41, 5.74) is 0.262. The predicted molar refractivity (Wildman–Crippen MR) is 77.2 cm³/mol. The second-order valence-electron chi connectivity index (χ2n) is 4.05. The molecule has 0 aliphatic carbocycles. The third-order valence-electron chi connectivity index (χ3n) is 2.49. The van der Waals surface area contributed by atoms with E-state index < -0.39 is 17.5 Å². The van der Waals surface area contributed by atoms with Crippen molar-refractivity contribution in [3.05, 3.63) is 51.7 Å². The van der Waals surface area contributed by atoms with E-state index in [-0.39, 0.29) is 12.3 Å². The number of carbonyl (C=O) groups excluding carboxylic acids is 1. The van der Waals surface area contributed by atoms with Crippen molar-refractivity contribution in [3.8, 4) is 11.8 Å². The molecule has 0 spiro atoms. The lowest BCUT2D eigenvalue weighted by Crippen LogP contribution is -2.12. The molecule has 0 bridgehead atoms. The molecule has 0 atom stereocenters. The van der Waals surface area contributed by atoms with Crippen molar-refractivity contribution in [3.63, 3.8) is 0 Å². The highest BCUT2D eigenvalue weighted by molar-refractivity contribution is 7.10. The fraction of sp³-hybridized carbons (Fsp3) is 0.133. The SMILES string of the molecule is O=C(Nc1ccc(F)cc1F)c1csc(C#CCCO)c1. The second-order valence-corrected chi connectivity index (χ2v) is 4.96. The van der Waals surface area contributed by atoms with Gasteiger partial charge in [0.05, 0.1) is 22.7 Å². The quantitative estimate of drug-likeness (QED) is 0.856. The minimum Gasteiger partial charge on any atom is -0.395 e. The summed E-state index contributed by atoms with van der Waals surface area (Å²) < 4.78 is 26.2. The highest BCUT2D eigenvalue weighted by atomic mass is 32.1. The van der Waals surface area contributed by atoms with Crippen LogP contribution in [0.2, 0.25) is 0 Å². The Hall–Kier alpha value is -2.23. The van der Waals surface area contributed by atoms with Gasteiger partial charge in [-0.1, -0.05) is 11.8 Å². The topological polar surface area (TPSA) is 49.3 Å². The Morgan fingerprint density at radius 3 is 2.86 bits per heavy atom. The Morgan fingerprint density at radius 1 is 1.33 bits per heavy atom. The van der Waals surface area contributed by atoms with E-state index in [1.165, 1.54) is 11.3 Å². The standard InChI is InChI=1S/C15H11F2NO2S/c16-11-4-5-14(13(17)8-11)18-15(20)10-7-12(21-9-10)3-1-2-6-19/h4-5,7-9,19H,2,6H2,(H,18,20). The van der Waals surface area contributed by atoms with Crippen molar-refractivity contribution in [1.29, 1.82) is 0 Å². The summed E-state index contributed by atoms with van der Waals surface area (Å²) in [6.07, 6.45) is 0.361. The molecule has 0 radical (unpaired) electrons. The summed E-state index contributed by atoms with van der Waals surface area (Å²) in [6, 6.07) is 4.51. The fourth-order valence-corrected chi connectivity index (χ4v) is 2.27. The first-order valence-corrected chi connectivity index (χ1v) is 6.93. The van der Waals surface area contributed by atoms with Crippen molar-refractivity contribution < 1.29 is 18.7 Å². The second kappa shape index (κ2) is 6.97. The van der Waals surface area contributed by atoms with Gasteiger partial charge >= 0.3 is 0 Å². The minimum atomic E-state index is -0.832. The molecular formula is C15H11F2NO2S. The van der Waals surface area contributed by atoms with Crippen LogP contribution >= 0.6 is 11.3 Å². The van der Waals surface area contributed by atoms with E-state index in [1.807, 2.05) is 0 Å². The fourth-order valence-electron chi connectivity index (χ4n) is 1.51. The Morgan fingerprint density at radius 2 is 2.14 bits per heavy atom. The van der Waals surface area contributed by atoms with Crippen LogP contribution in [0.25, 0.3) is 0 Å². The monoisotopic (exact) mass is 307 g/mol. The maximum Gasteiger partial charge on any atom is 0.256 e. The van der Waals surface area contributed by atoms with Gasteiger partial charge in [0.25, 0.3) is 5.91 Å². The number of rotatable bonds is 3. The Balaban J connectivity index is 2.09. The Labute approximate surface area is 124 Å². The summed E-state index contributed by atoms with van der Waals surface area (Å²) in [5, 5.41) is 12.6. The maximum absolute atomic E-state index is 13.4. The number of benzene rings is 1. The predicted octanol–water partition coefficient (Wildman–Crippen LogP) is 3.01. The van der Waals surface area contributed by atoms with Gasteiger partial charge in [-0.25, -0.2) is 8.78 Å². The molecule has 2 rings (SSSR count). The minimum absolute atomic E-state index is 0.0183. The molecule has 2 N–H and O–H groups in total. The summed E-state index contributed by atoms with van der Waals surface area (Å²) in [4.78, 5) is 12.6. The van der Waals surface area contributed by atoms with Crippen LogP contribution in [0.3, 0.4) is 0 Å². The van der Waals surface area contributed by atoms with E-state index in [9.17, 15) is 13.6 Å². The van der Waals surface area contributed by atoms with Crippen LogP contribution < -0.4 is 5.32 Å². The zero-order valence-electron chi connectivity index (χ0n) is 10.8. The van der Waals surface area contributed by atoms with Gasteiger partial charge in [0.15, 0.2) is 0 Å². The van der Waals surface area contributed by atoms with Crippen molar-refractivity contribution in [1.82, 2.24) is 0 Å². The van der Waals surface area contributed by atoms with Crippen LogP contribution in [-0.2, 0) is 0 Å². The van der Waals surface area contributed by atoms with Crippen LogP contribution in [0.15, 0.2) is 29.6 Å². The third kappa shape index (κ3) is 4.12. The van der Waals surface area contributed by atoms with Gasteiger partial charge in [0.2, 0.25) is 0 Å². The number of aliphatic hydroxyl groups excluding tert-OH is 1. The number of amides is 1. The van der Waals surface area contributed by atoms with E-state index in [1.54, 1.807) is 11.4 Å². The summed E-state index contributed by atoms with van der Waals surface area (Å²) >= 11 is 1.28. The van der Waals surface area contributed by atoms with Crippen LogP contribution in [0.5, 0.6) is 0 Å². The molecule has 0 aliphatic heterocycles. The van der Waals surface area contributed by atoms with E-state index in [2.05, 4.69) is 17.2 Å². The highest BCUT2D eigenvalue weighted by Crippen LogP contribution is 2.18. The summed E-state index contributed by atoms with van der Waals surface area (Å²) in [5.74, 6) is 3.52. The van der Waals surface area contributed by atoms with E-state index in [0.29, 0.717) is 22.9 Å². The van der Waals surface area contributed by atoms with Gasteiger partial charge in [-0.15, -0.1) is 11.3 Å². The highest BCUT2D eigenvalue weighted by Gasteiger charge is 2.11.